The van der Waals surface area contributed by atoms with E-state index in [9.17, 15) is 18.0 Å². The second-order valence-electron chi connectivity index (χ2n) is 10.0. The van der Waals surface area contributed by atoms with Crippen molar-refractivity contribution < 1.29 is 27.5 Å². The highest BCUT2D eigenvalue weighted by atomic mass is 32.2. The summed E-state index contributed by atoms with van der Waals surface area (Å²) in [6, 6.07) is 11.5. The maximum absolute atomic E-state index is 13.6. The Morgan fingerprint density at radius 2 is 1.64 bits per heavy atom. The van der Waals surface area contributed by atoms with E-state index >= 15 is 0 Å². The number of nitrogens with one attached hydrogen (secondary N) is 1. The van der Waals surface area contributed by atoms with Gasteiger partial charge in [-0.25, -0.2) is 8.42 Å². The first-order valence-corrected chi connectivity index (χ1v) is 13.6. The Hall–Kier alpha value is -3.27. The lowest BCUT2D eigenvalue weighted by Gasteiger charge is -2.33. The highest BCUT2D eigenvalue weighted by Crippen LogP contribution is 2.34. The van der Waals surface area contributed by atoms with E-state index in [0.717, 1.165) is 21.7 Å². The summed E-state index contributed by atoms with van der Waals surface area (Å²) in [6.07, 6.45) is 1.04. The monoisotopic (exact) mass is 517 g/mol. The Bertz CT molecular complexity index is 1210. The van der Waals surface area contributed by atoms with Crippen LogP contribution in [0.25, 0.3) is 0 Å². The SMILES string of the molecule is Cc1ccc(CN(C(=O)CN(c2ccc3c(c2)OCCO3)S(C)(=O)=O)[C@@H](C)C(=O)NC(C)(C)C)cc1. The molecule has 0 aliphatic carbocycles. The van der Waals surface area contributed by atoms with Crippen molar-refractivity contribution in [3.8, 4) is 11.5 Å². The number of nitrogens with zero attached hydrogens (tertiary/aromatic N) is 2. The van der Waals surface area contributed by atoms with Crippen LogP contribution in [-0.4, -0.2) is 62.7 Å². The van der Waals surface area contributed by atoms with Crippen LogP contribution in [0, 0.1) is 6.92 Å². The average molecular weight is 518 g/mol. The molecule has 0 saturated heterocycles. The third-order valence-corrected chi connectivity index (χ3v) is 6.77. The minimum absolute atomic E-state index is 0.149. The van der Waals surface area contributed by atoms with Crippen LogP contribution >= 0.6 is 0 Å². The van der Waals surface area contributed by atoms with Gasteiger partial charge in [-0.3, -0.25) is 13.9 Å². The van der Waals surface area contributed by atoms with Crippen molar-refractivity contribution in [2.45, 2.75) is 52.7 Å². The van der Waals surface area contributed by atoms with Crippen LogP contribution in [0.2, 0.25) is 0 Å². The van der Waals surface area contributed by atoms with Gasteiger partial charge in [0, 0.05) is 18.2 Å². The molecule has 3 rings (SSSR count). The minimum Gasteiger partial charge on any atom is -0.486 e. The molecule has 0 aromatic heterocycles. The van der Waals surface area contributed by atoms with Crippen LogP contribution in [0.5, 0.6) is 11.5 Å². The standard InChI is InChI=1S/C26H35N3O6S/c1-18-7-9-20(10-8-18)16-28(19(2)25(31)27-26(3,4)5)24(30)17-29(36(6,32)33)21-11-12-22-23(15-21)35-14-13-34-22/h7-12,15,19H,13-14,16-17H2,1-6H3,(H,27,31)/t19-/m0/s1. The highest BCUT2D eigenvalue weighted by Gasteiger charge is 2.31. The van der Waals surface area contributed by atoms with Crippen molar-refractivity contribution in [2.24, 2.45) is 0 Å². The van der Waals surface area contributed by atoms with E-state index < -0.39 is 34.1 Å². The van der Waals surface area contributed by atoms with Gasteiger partial charge in [-0.2, -0.15) is 0 Å². The van der Waals surface area contributed by atoms with E-state index in [-0.39, 0.29) is 18.1 Å². The third kappa shape index (κ3) is 7.13. The maximum atomic E-state index is 13.6. The molecule has 1 N–H and O–H groups in total. The second kappa shape index (κ2) is 10.8. The number of rotatable bonds is 8. The van der Waals surface area contributed by atoms with Crippen LogP contribution in [0.1, 0.15) is 38.8 Å². The van der Waals surface area contributed by atoms with Gasteiger partial charge >= 0.3 is 0 Å². The van der Waals surface area contributed by atoms with Gasteiger partial charge in [-0.05, 0) is 52.3 Å². The van der Waals surface area contributed by atoms with Crippen LogP contribution in [0.15, 0.2) is 42.5 Å². The summed E-state index contributed by atoms with van der Waals surface area (Å²) in [4.78, 5) is 28.0. The quantitative estimate of drug-likeness (QED) is 0.577. The van der Waals surface area contributed by atoms with E-state index in [1.165, 1.54) is 4.90 Å². The van der Waals surface area contributed by atoms with Crippen molar-refractivity contribution >= 4 is 27.5 Å². The summed E-state index contributed by atoms with van der Waals surface area (Å²) < 4.78 is 37.6. The lowest BCUT2D eigenvalue weighted by Crippen LogP contribution is -2.54. The maximum Gasteiger partial charge on any atom is 0.244 e. The molecule has 196 valence electrons. The molecule has 9 nitrogen and oxygen atoms in total. The van der Waals surface area contributed by atoms with Crippen molar-refractivity contribution in [2.75, 3.05) is 30.3 Å². The third-order valence-electron chi connectivity index (χ3n) is 5.63. The number of fused-ring (bicyclic) bond motifs is 1. The van der Waals surface area contributed by atoms with Gasteiger partial charge in [0.05, 0.1) is 11.9 Å². The number of aryl methyl sites for hydroxylation is 1. The van der Waals surface area contributed by atoms with Gasteiger partial charge in [-0.15, -0.1) is 0 Å². The molecule has 1 atom stereocenters. The van der Waals surface area contributed by atoms with Gasteiger partial charge in [0.25, 0.3) is 0 Å². The zero-order valence-electron chi connectivity index (χ0n) is 21.7. The molecule has 2 aromatic carbocycles. The van der Waals surface area contributed by atoms with Gasteiger partial charge in [0.1, 0.15) is 25.8 Å². The van der Waals surface area contributed by atoms with Gasteiger partial charge < -0.3 is 19.7 Å². The van der Waals surface area contributed by atoms with Crippen molar-refractivity contribution in [3.05, 3.63) is 53.6 Å². The molecule has 1 aliphatic heterocycles. The number of anilines is 1. The van der Waals surface area contributed by atoms with Gasteiger partial charge in [0.2, 0.25) is 21.8 Å². The highest BCUT2D eigenvalue weighted by molar-refractivity contribution is 7.92. The average Bonchev–Trinajstić information content (AvgIpc) is 2.79. The number of amides is 2. The lowest BCUT2D eigenvalue weighted by atomic mass is 10.1. The summed E-state index contributed by atoms with van der Waals surface area (Å²) in [5.74, 6) is 0.0909. The van der Waals surface area contributed by atoms with E-state index in [2.05, 4.69) is 5.32 Å². The first kappa shape index (κ1) is 27.3. The number of ether oxygens (including phenoxy) is 2. The van der Waals surface area contributed by atoms with E-state index in [4.69, 9.17) is 9.47 Å². The van der Waals surface area contributed by atoms with Crippen LogP contribution in [-0.2, 0) is 26.2 Å². The van der Waals surface area contributed by atoms with E-state index in [1.54, 1.807) is 25.1 Å². The smallest absolute Gasteiger partial charge is 0.244 e. The molecule has 0 saturated carbocycles. The molecular weight excluding hydrogens is 482 g/mol. The van der Waals surface area contributed by atoms with Gasteiger partial charge in [-0.1, -0.05) is 29.8 Å². The summed E-state index contributed by atoms with van der Waals surface area (Å²) in [6.45, 7) is 9.60. The van der Waals surface area contributed by atoms with Crippen molar-refractivity contribution in [3.63, 3.8) is 0 Å². The second-order valence-corrected chi connectivity index (χ2v) is 11.9. The first-order chi connectivity index (χ1) is 16.7. The summed E-state index contributed by atoms with van der Waals surface area (Å²) in [5, 5.41) is 2.90. The fourth-order valence-corrected chi connectivity index (χ4v) is 4.59. The zero-order chi connectivity index (χ0) is 26.7. The van der Waals surface area contributed by atoms with Crippen molar-refractivity contribution in [1.82, 2.24) is 10.2 Å². The molecule has 0 fully saturated rings. The minimum atomic E-state index is -3.84. The molecule has 0 spiro atoms. The Balaban J connectivity index is 1.92. The van der Waals surface area contributed by atoms with Crippen LogP contribution in [0.4, 0.5) is 5.69 Å². The number of sulfonamides is 1. The van der Waals surface area contributed by atoms with Crippen LogP contribution < -0.4 is 19.1 Å². The molecule has 0 bridgehead atoms. The number of carbonyl (C=O) groups is 2. The molecule has 0 unspecified atom stereocenters. The molecule has 0 radical (unpaired) electrons. The Kier molecular flexibility index (Phi) is 8.18. The predicted octanol–water partition coefficient (Wildman–Crippen LogP) is 2.86. The molecule has 1 aliphatic rings. The van der Waals surface area contributed by atoms with E-state index in [1.807, 2.05) is 52.0 Å². The van der Waals surface area contributed by atoms with Crippen molar-refractivity contribution in [1.29, 1.82) is 0 Å². The fraction of sp³-hybridized carbons (Fsp3) is 0.462. The fourth-order valence-electron chi connectivity index (χ4n) is 3.75. The largest absolute Gasteiger partial charge is 0.486 e. The summed E-state index contributed by atoms with van der Waals surface area (Å²) >= 11 is 0. The number of carbonyl (C=O) groups excluding carboxylic acids is 2. The zero-order valence-corrected chi connectivity index (χ0v) is 22.5. The molecule has 2 amide bonds. The molecule has 10 heteroatoms. The normalized spacial score (nSPS) is 14.1. The first-order valence-electron chi connectivity index (χ1n) is 11.8. The topological polar surface area (TPSA) is 105 Å². The molecule has 1 heterocycles. The number of hydrogen-bond acceptors (Lipinski definition) is 6. The summed E-state index contributed by atoms with van der Waals surface area (Å²) in [7, 11) is -3.84. The Labute approximate surface area is 213 Å². The molecule has 2 aromatic rings. The number of benzene rings is 2. The van der Waals surface area contributed by atoms with Gasteiger partial charge in [0.15, 0.2) is 11.5 Å². The Morgan fingerprint density at radius 1 is 1.03 bits per heavy atom. The predicted molar refractivity (Wildman–Crippen MR) is 139 cm³/mol. The Morgan fingerprint density at radius 3 is 2.22 bits per heavy atom. The molecular formula is C26H35N3O6S. The summed E-state index contributed by atoms with van der Waals surface area (Å²) in [5.41, 5.74) is 1.68. The lowest BCUT2D eigenvalue weighted by molar-refractivity contribution is -0.140. The number of hydrogen-bond donors (Lipinski definition) is 1. The molecule has 36 heavy (non-hydrogen) atoms. The van der Waals surface area contributed by atoms with Crippen LogP contribution in [0.3, 0.4) is 0 Å². The van der Waals surface area contributed by atoms with E-state index in [0.29, 0.717) is 24.7 Å².